The maximum atomic E-state index is 5.17. The second-order valence-corrected chi connectivity index (χ2v) is 4.58. The minimum atomic E-state index is 0.171. The van der Waals surface area contributed by atoms with E-state index >= 15 is 0 Å². The Kier molecular flexibility index (Phi) is 5.01. The zero-order chi connectivity index (χ0) is 14.4. The maximum Gasteiger partial charge on any atom is 0.203 e. The number of hydrogen-bond donors (Lipinski definition) is 1. The van der Waals surface area contributed by atoms with Crippen molar-refractivity contribution in [2.45, 2.75) is 19.5 Å². The molecule has 0 fully saturated rings. The van der Waals surface area contributed by atoms with Gasteiger partial charge >= 0.3 is 0 Å². The Morgan fingerprint density at radius 2 is 2.00 bits per heavy atom. The Labute approximate surface area is 119 Å². The Hall–Kier alpha value is -2.01. The van der Waals surface area contributed by atoms with Crippen molar-refractivity contribution in [3.05, 3.63) is 42.2 Å². The quantitative estimate of drug-likeness (QED) is 0.844. The van der Waals surface area contributed by atoms with Crippen LogP contribution in [-0.2, 0) is 11.3 Å². The molecule has 1 aromatic heterocycles. The van der Waals surface area contributed by atoms with E-state index in [4.69, 9.17) is 9.47 Å². The third-order valence-corrected chi connectivity index (χ3v) is 3.21. The van der Waals surface area contributed by atoms with Gasteiger partial charge in [-0.2, -0.15) is 0 Å². The summed E-state index contributed by atoms with van der Waals surface area (Å²) in [6, 6.07) is 8.21. The molecule has 1 aromatic carbocycles. The SMILES string of the molecule is COCCn1ccnc1NC(C)c1ccc(OC)cc1. The van der Waals surface area contributed by atoms with Gasteiger partial charge < -0.3 is 19.4 Å². The van der Waals surface area contributed by atoms with Crippen LogP contribution in [0.15, 0.2) is 36.7 Å². The van der Waals surface area contributed by atoms with Gasteiger partial charge in [0.2, 0.25) is 5.95 Å². The lowest BCUT2D eigenvalue weighted by molar-refractivity contribution is 0.187. The topological polar surface area (TPSA) is 48.3 Å². The molecular formula is C15H21N3O2. The Morgan fingerprint density at radius 1 is 1.25 bits per heavy atom. The van der Waals surface area contributed by atoms with E-state index in [1.165, 1.54) is 5.56 Å². The molecule has 1 unspecified atom stereocenters. The van der Waals surface area contributed by atoms with Crippen LogP contribution in [0.3, 0.4) is 0 Å². The van der Waals surface area contributed by atoms with Gasteiger partial charge in [0.1, 0.15) is 5.75 Å². The number of hydrogen-bond acceptors (Lipinski definition) is 4. The Balaban J connectivity index is 2.03. The second-order valence-electron chi connectivity index (χ2n) is 4.58. The van der Waals surface area contributed by atoms with Crippen LogP contribution in [-0.4, -0.2) is 30.4 Å². The van der Waals surface area contributed by atoms with Gasteiger partial charge in [-0.1, -0.05) is 12.1 Å². The molecule has 20 heavy (non-hydrogen) atoms. The molecule has 0 saturated carbocycles. The number of nitrogens with zero attached hydrogens (tertiary/aromatic N) is 2. The Bertz CT molecular complexity index is 522. The molecule has 0 amide bonds. The van der Waals surface area contributed by atoms with Gasteiger partial charge in [-0.25, -0.2) is 4.98 Å². The average Bonchev–Trinajstić information content (AvgIpc) is 2.92. The Morgan fingerprint density at radius 3 is 2.65 bits per heavy atom. The van der Waals surface area contributed by atoms with Crippen LogP contribution < -0.4 is 10.1 Å². The third-order valence-electron chi connectivity index (χ3n) is 3.21. The fourth-order valence-corrected chi connectivity index (χ4v) is 1.99. The highest BCUT2D eigenvalue weighted by Gasteiger charge is 2.09. The first-order valence-corrected chi connectivity index (χ1v) is 6.65. The molecule has 2 rings (SSSR count). The molecule has 0 bridgehead atoms. The summed E-state index contributed by atoms with van der Waals surface area (Å²) in [5.41, 5.74) is 1.19. The first-order valence-electron chi connectivity index (χ1n) is 6.65. The van der Waals surface area contributed by atoms with Crippen LogP contribution >= 0.6 is 0 Å². The monoisotopic (exact) mass is 275 g/mol. The highest BCUT2D eigenvalue weighted by atomic mass is 16.5. The molecular weight excluding hydrogens is 254 g/mol. The molecule has 2 aromatic rings. The van der Waals surface area contributed by atoms with Gasteiger partial charge in [0.25, 0.3) is 0 Å². The first-order chi connectivity index (χ1) is 9.74. The molecule has 0 aliphatic rings. The zero-order valence-electron chi connectivity index (χ0n) is 12.2. The third kappa shape index (κ3) is 3.51. The summed E-state index contributed by atoms with van der Waals surface area (Å²) in [7, 11) is 3.37. The zero-order valence-corrected chi connectivity index (χ0v) is 12.2. The van der Waals surface area contributed by atoms with Crippen molar-refractivity contribution in [1.82, 2.24) is 9.55 Å². The van der Waals surface area contributed by atoms with Crippen molar-refractivity contribution in [2.24, 2.45) is 0 Å². The fraction of sp³-hybridized carbons (Fsp3) is 0.400. The molecule has 0 radical (unpaired) electrons. The van der Waals surface area contributed by atoms with Crippen LogP contribution in [0.1, 0.15) is 18.5 Å². The number of aromatic nitrogens is 2. The molecule has 5 nitrogen and oxygen atoms in total. The maximum absolute atomic E-state index is 5.17. The van der Waals surface area contributed by atoms with E-state index in [9.17, 15) is 0 Å². The van der Waals surface area contributed by atoms with Crippen molar-refractivity contribution in [2.75, 3.05) is 26.1 Å². The molecule has 0 aliphatic heterocycles. The number of ether oxygens (including phenoxy) is 2. The van der Waals surface area contributed by atoms with Gasteiger partial charge in [-0.3, -0.25) is 0 Å². The summed E-state index contributed by atoms with van der Waals surface area (Å²) in [5.74, 6) is 1.72. The molecule has 108 valence electrons. The summed E-state index contributed by atoms with van der Waals surface area (Å²) in [6.07, 6.45) is 3.74. The van der Waals surface area contributed by atoms with E-state index in [1.807, 2.05) is 22.9 Å². The van der Waals surface area contributed by atoms with E-state index in [-0.39, 0.29) is 6.04 Å². The van der Waals surface area contributed by atoms with Gasteiger partial charge in [-0.15, -0.1) is 0 Å². The molecule has 1 heterocycles. The molecule has 0 aliphatic carbocycles. The largest absolute Gasteiger partial charge is 0.497 e. The normalized spacial score (nSPS) is 12.2. The second kappa shape index (κ2) is 6.96. The van der Waals surface area contributed by atoms with E-state index in [0.29, 0.717) is 6.61 Å². The van der Waals surface area contributed by atoms with Crippen LogP contribution in [0.4, 0.5) is 5.95 Å². The molecule has 0 spiro atoms. The summed E-state index contributed by atoms with van der Waals surface area (Å²) < 4.78 is 12.3. The van der Waals surface area contributed by atoms with Crippen LogP contribution in [0, 0.1) is 0 Å². The first kappa shape index (κ1) is 14.4. The number of benzene rings is 1. The predicted molar refractivity (Wildman–Crippen MR) is 79.1 cm³/mol. The van der Waals surface area contributed by atoms with Crippen LogP contribution in [0.5, 0.6) is 5.75 Å². The minimum absolute atomic E-state index is 0.171. The number of methoxy groups -OCH3 is 2. The van der Waals surface area contributed by atoms with E-state index in [0.717, 1.165) is 18.2 Å². The smallest absolute Gasteiger partial charge is 0.203 e. The lowest BCUT2D eigenvalue weighted by Gasteiger charge is -2.16. The predicted octanol–water partition coefficient (Wildman–Crippen LogP) is 2.71. The standard InChI is InChI=1S/C15H21N3O2/c1-12(13-4-6-14(20-3)7-5-13)17-15-16-8-9-18(15)10-11-19-2/h4-9,12H,10-11H2,1-3H3,(H,16,17). The summed E-state index contributed by atoms with van der Waals surface area (Å²) >= 11 is 0. The van der Waals surface area contributed by atoms with Crippen molar-refractivity contribution in [3.63, 3.8) is 0 Å². The molecule has 1 atom stereocenters. The fourth-order valence-electron chi connectivity index (χ4n) is 1.99. The van der Waals surface area contributed by atoms with Crippen LogP contribution in [0.2, 0.25) is 0 Å². The lowest BCUT2D eigenvalue weighted by Crippen LogP contribution is -2.13. The number of anilines is 1. The molecule has 5 heteroatoms. The minimum Gasteiger partial charge on any atom is -0.497 e. The van der Waals surface area contributed by atoms with E-state index in [1.54, 1.807) is 20.4 Å². The van der Waals surface area contributed by atoms with Crippen molar-refractivity contribution < 1.29 is 9.47 Å². The van der Waals surface area contributed by atoms with Crippen molar-refractivity contribution in [3.8, 4) is 5.75 Å². The van der Waals surface area contributed by atoms with Crippen molar-refractivity contribution in [1.29, 1.82) is 0 Å². The number of nitrogens with one attached hydrogen (secondary N) is 1. The average molecular weight is 275 g/mol. The molecule has 1 N–H and O–H groups in total. The van der Waals surface area contributed by atoms with Gasteiger partial charge in [0.15, 0.2) is 0 Å². The number of rotatable bonds is 7. The van der Waals surface area contributed by atoms with Gasteiger partial charge in [-0.05, 0) is 24.6 Å². The highest BCUT2D eigenvalue weighted by Crippen LogP contribution is 2.20. The molecule has 0 saturated heterocycles. The summed E-state index contributed by atoms with van der Waals surface area (Å²) in [5, 5.41) is 3.41. The van der Waals surface area contributed by atoms with Crippen LogP contribution in [0.25, 0.3) is 0 Å². The summed E-state index contributed by atoms with van der Waals surface area (Å²) in [6.45, 7) is 3.56. The van der Waals surface area contributed by atoms with Gasteiger partial charge in [0.05, 0.1) is 19.8 Å². The summed E-state index contributed by atoms with van der Waals surface area (Å²) in [4.78, 5) is 4.34. The number of imidazole rings is 1. The van der Waals surface area contributed by atoms with E-state index in [2.05, 4.69) is 29.4 Å². The highest BCUT2D eigenvalue weighted by molar-refractivity contribution is 5.35. The van der Waals surface area contributed by atoms with Crippen molar-refractivity contribution >= 4 is 5.95 Å². The van der Waals surface area contributed by atoms with Gasteiger partial charge in [0, 0.05) is 26.0 Å². The lowest BCUT2D eigenvalue weighted by atomic mass is 10.1. The van der Waals surface area contributed by atoms with E-state index < -0.39 is 0 Å².